The summed E-state index contributed by atoms with van der Waals surface area (Å²) in [7, 11) is 0. The number of carbonyl (C=O) groups excluding carboxylic acids is 2. The molecule has 0 unspecified atom stereocenters. The first-order valence-electron chi connectivity index (χ1n) is 7.65. The molecular formula is C18H22N2O3. The molecule has 5 nitrogen and oxygen atoms in total. The van der Waals surface area contributed by atoms with Crippen LogP contribution in [0, 0.1) is 6.92 Å². The number of aryl methyl sites for hydroxylation is 1. The van der Waals surface area contributed by atoms with Gasteiger partial charge in [0.05, 0.1) is 12.8 Å². The smallest absolute Gasteiger partial charge is 0.222 e. The fourth-order valence-corrected chi connectivity index (χ4v) is 2.30. The van der Waals surface area contributed by atoms with Crippen molar-refractivity contribution < 1.29 is 14.0 Å². The summed E-state index contributed by atoms with van der Waals surface area (Å²) in [4.78, 5) is 25.3. The van der Waals surface area contributed by atoms with E-state index in [1.54, 1.807) is 23.3 Å². The van der Waals surface area contributed by atoms with Gasteiger partial charge in [0.15, 0.2) is 0 Å². The zero-order chi connectivity index (χ0) is 16.7. The van der Waals surface area contributed by atoms with E-state index in [9.17, 15) is 9.59 Å². The normalized spacial score (nSPS) is 10.3. The third-order valence-corrected chi connectivity index (χ3v) is 3.55. The molecule has 0 aliphatic heterocycles. The molecule has 0 aliphatic rings. The van der Waals surface area contributed by atoms with Crippen molar-refractivity contribution in [3.63, 3.8) is 0 Å². The maximum absolute atomic E-state index is 11.9. The number of nitrogens with zero attached hydrogens (tertiary/aromatic N) is 1. The van der Waals surface area contributed by atoms with Crippen LogP contribution in [0.25, 0.3) is 0 Å². The molecule has 0 saturated heterocycles. The van der Waals surface area contributed by atoms with E-state index >= 15 is 0 Å². The average Bonchev–Trinajstić information content (AvgIpc) is 3.02. The molecule has 2 amide bonds. The molecule has 2 rings (SSSR count). The summed E-state index contributed by atoms with van der Waals surface area (Å²) in [5, 5.41) is 2.78. The van der Waals surface area contributed by atoms with Gasteiger partial charge in [0.2, 0.25) is 11.8 Å². The van der Waals surface area contributed by atoms with Crippen molar-refractivity contribution >= 4 is 11.8 Å². The Morgan fingerprint density at radius 1 is 1.22 bits per heavy atom. The summed E-state index contributed by atoms with van der Waals surface area (Å²) in [5.41, 5.74) is 2.22. The molecular weight excluding hydrogens is 292 g/mol. The van der Waals surface area contributed by atoms with E-state index in [0.29, 0.717) is 25.4 Å². The van der Waals surface area contributed by atoms with Crippen LogP contribution in [0.15, 0.2) is 47.1 Å². The molecule has 0 saturated carbocycles. The first kappa shape index (κ1) is 16.8. The topological polar surface area (TPSA) is 62.6 Å². The quantitative estimate of drug-likeness (QED) is 0.854. The Labute approximate surface area is 136 Å². The summed E-state index contributed by atoms with van der Waals surface area (Å²) < 4.78 is 5.16. The van der Waals surface area contributed by atoms with E-state index < -0.39 is 0 Å². The second kappa shape index (κ2) is 8.17. The van der Waals surface area contributed by atoms with Crippen LogP contribution < -0.4 is 5.32 Å². The Kier molecular flexibility index (Phi) is 5.97. The minimum atomic E-state index is -0.100. The minimum Gasteiger partial charge on any atom is -0.467 e. The molecule has 0 fully saturated rings. The fourth-order valence-electron chi connectivity index (χ4n) is 2.30. The van der Waals surface area contributed by atoms with Crippen LogP contribution in [0.1, 0.15) is 30.2 Å². The summed E-state index contributed by atoms with van der Waals surface area (Å²) in [5.74, 6) is 0.573. The first-order chi connectivity index (χ1) is 11.0. The summed E-state index contributed by atoms with van der Waals surface area (Å²) in [6, 6.07) is 11.6. The summed E-state index contributed by atoms with van der Waals surface area (Å²) in [6.45, 7) is 4.82. The molecule has 5 heteroatoms. The van der Waals surface area contributed by atoms with Crippen LogP contribution >= 0.6 is 0 Å². The highest BCUT2D eigenvalue weighted by atomic mass is 16.3. The zero-order valence-electron chi connectivity index (χ0n) is 13.5. The lowest BCUT2D eigenvalue weighted by molar-refractivity contribution is -0.130. The predicted octanol–water partition coefficient (Wildman–Crippen LogP) is 2.64. The molecule has 1 heterocycles. The number of hydrogen-bond donors (Lipinski definition) is 1. The number of hydrogen-bond acceptors (Lipinski definition) is 3. The highest BCUT2D eigenvalue weighted by molar-refractivity contribution is 5.77. The number of rotatable bonds is 7. The number of amides is 2. The molecule has 23 heavy (non-hydrogen) atoms. The molecule has 1 aromatic heterocycles. The van der Waals surface area contributed by atoms with E-state index in [1.807, 2.05) is 31.2 Å². The van der Waals surface area contributed by atoms with Crippen molar-refractivity contribution in [3.8, 4) is 0 Å². The fraction of sp³-hybridized carbons (Fsp3) is 0.333. The Morgan fingerprint density at radius 3 is 2.70 bits per heavy atom. The maximum Gasteiger partial charge on any atom is 0.222 e. The van der Waals surface area contributed by atoms with Gasteiger partial charge in [0.1, 0.15) is 5.76 Å². The van der Waals surface area contributed by atoms with Crippen LogP contribution in [-0.2, 0) is 22.7 Å². The Hall–Kier alpha value is -2.56. The number of nitrogens with one attached hydrogen (secondary N) is 1. The highest BCUT2D eigenvalue weighted by Crippen LogP contribution is 2.08. The van der Waals surface area contributed by atoms with E-state index in [4.69, 9.17) is 4.42 Å². The van der Waals surface area contributed by atoms with E-state index in [-0.39, 0.29) is 18.2 Å². The third kappa shape index (κ3) is 5.62. The number of furan rings is 1. The lowest BCUT2D eigenvalue weighted by atomic mass is 10.1. The Morgan fingerprint density at radius 2 is 2.04 bits per heavy atom. The lowest BCUT2D eigenvalue weighted by Crippen LogP contribution is -2.33. The van der Waals surface area contributed by atoms with Gasteiger partial charge in [-0.1, -0.05) is 29.8 Å². The van der Waals surface area contributed by atoms with Gasteiger partial charge in [-0.05, 0) is 24.6 Å². The van der Waals surface area contributed by atoms with Crippen LogP contribution in [0.2, 0.25) is 0 Å². The van der Waals surface area contributed by atoms with Crippen LogP contribution in [0.4, 0.5) is 0 Å². The van der Waals surface area contributed by atoms with Crippen molar-refractivity contribution in [2.75, 3.05) is 6.54 Å². The highest BCUT2D eigenvalue weighted by Gasteiger charge is 2.12. The van der Waals surface area contributed by atoms with Gasteiger partial charge in [-0.2, -0.15) is 0 Å². The molecule has 0 atom stereocenters. The standard InChI is InChI=1S/C18H22N2O3/c1-14-5-3-6-16(11-14)13-20(15(2)21)9-8-18(22)19-12-17-7-4-10-23-17/h3-7,10-11H,8-9,12-13H2,1-2H3,(H,19,22). The maximum atomic E-state index is 11.9. The Bertz CT molecular complexity index is 650. The van der Waals surface area contributed by atoms with Gasteiger partial charge in [0.25, 0.3) is 0 Å². The van der Waals surface area contributed by atoms with Gasteiger partial charge in [-0.25, -0.2) is 0 Å². The van der Waals surface area contributed by atoms with E-state index in [0.717, 1.165) is 11.1 Å². The molecule has 1 aromatic carbocycles. The molecule has 0 bridgehead atoms. The van der Waals surface area contributed by atoms with Crippen LogP contribution in [-0.4, -0.2) is 23.3 Å². The molecule has 122 valence electrons. The van der Waals surface area contributed by atoms with Gasteiger partial charge < -0.3 is 14.6 Å². The molecule has 0 spiro atoms. The van der Waals surface area contributed by atoms with Gasteiger partial charge in [0, 0.05) is 26.4 Å². The monoisotopic (exact) mass is 314 g/mol. The summed E-state index contributed by atoms with van der Waals surface area (Å²) in [6.07, 6.45) is 1.84. The van der Waals surface area contributed by atoms with Crippen molar-refractivity contribution in [2.45, 2.75) is 33.4 Å². The zero-order valence-corrected chi connectivity index (χ0v) is 13.5. The predicted molar refractivity (Wildman–Crippen MR) is 87.4 cm³/mol. The second-order valence-corrected chi connectivity index (χ2v) is 5.54. The van der Waals surface area contributed by atoms with Gasteiger partial charge in [-0.15, -0.1) is 0 Å². The number of carbonyl (C=O) groups is 2. The number of benzene rings is 1. The van der Waals surface area contributed by atoms with Gasteiger partial charge in [-0.3, -0.25) is 9.59 Å². The largest absolute Gasteiger partial charge is 0.467 e. The third-order valence-electron chi connectivity index (χ3n) is 3.55. The lowest BCUT2D eigenvalue weighted by Gasteiger charge is -2.21. The first-order valence-corrected chi connectivity index (χ1v) is 7.65. The van der Waals surface area contributed by atoms with E-state index in [2.05, 4.69) is 5.32 Å². The minimum absolute atomic E-state index is 0.0367. The molecule has 2 aromatic rings. The van der Waals surface area contributed by atoms with Gasteiger partial charge >= 0.3 is 0 Å². The van der Waals surface area contributed by atoms with E-state index in [1.165, 1.54) is 6.92 Å². The van der Waals surface area contributed by atoms with Crippen LogP contribution in [0.5, 0.6) is 0 Å². The molecule has 1 N–H and O–H groups in total. The van der Waals surface area contributed by atoms with Crippen LogP contribution in [0.3, 0.4) is 0 Å². The van der Waals surface area contributed by atoms with Crippen molar-refractivity contribution in [1.82, 2.24) is 10.2 Å². The second-order valence-electron chi connectivity index (χ2n) is 5.54. The average molecular weight is 314 g/mol. The summed E-state index contributed by atoms with van der Waals surface area (Å²) >= 11 is 0. The molecule has 0 aliphatic carbocycles. The SMILES string of the molecule is CC(=O)N(CCC(=O)NCc1ccco1)Cc1cccc(C)c1. The van der Waals surface area contributed by atoms with Crippen molar-refractivity contribution in [1.29, 1.82) is 0 Å². The van der Waals surface area contributed by atoms with Crippen molar-refractivity contribution in [2.24, 2.45) is 0 Å². The Balaban J connectivity index is 1.82. The molecule has 0 radical (unpaired) electrons. The van der Waals surface area contributed by atoms with Crippen molar-refractivity contribution in [3.05, 3.63) is 59.5 Å².